The third-order valence-corrected chi connectivity index (χ3v) is 5.34. The molecule has 0 saturated heterocycles. The van der Waals surface area contributed by atoms with Crippen LogP contribution in [0.2, 0.25) is 0 Å². The molecule has 0 saturated carbocycles. The SMILES string of the molecule is COc1ccc(C)cc1CC(N)c1cc(Br)sc1Br. The second-order valence-electron chi connectivity index (χ2n) is 4.41. The summed E-state index contributed by atoms with van der Waals surface area (Å²) in [5.41, 5.74) is 9.80. The van der Waals surface area contributed by atoms with E-state index in [9.17, 15) is 0 Å². The zero-order valence-electron chi connectivity index (χ0n) is 10.7. The second kappa shape index (κ2) is 6.39. The summed E-state index contributed by atoms with van der Waals surface area (Å²) in [5, 5.41) is 0. The first-order valence-corrected chi connectivity index (χ1v) is 8.25. The smallest absolute Gasteiger partial charge is 0.122 e. The Morgan fingerprint density at radius 1 is 1.32 bits per heavy atom. The molecule has 0 amide bonds. The highest BCUT2D eigenvalue weighted by Gasteiger charge is 2.16. The summed E-state index contributed by atoms with van der Waals surface area (Å²) in [7, 11) is 1.69. The van der Waals surface area contributed by atoms with Crippen molar-refractivity contribution in [3.05, 3.63) is 48.5 Å². The molecule has 0 aliphatic heterocycles. The van der Waals surface area contributed by atoms with E-state index >= 15 is 0 Å². The number of nitrogens with two attached hydrogens (primary N) is 1. The van der Waals surface area contributed by atoms with Crippen molar-refractivity contribution in [1.82, 2.24) is 0 Å². The molecule has 1 atom stereocenters. The summed E-state index contributed by atoms with van der Waals surface area (Å²) >= 11 is 8.69. The fraction of sp³-hybridized carbons (Fsp3) is 0.286. The summed E-state index contributed by atoms with van der Waals surface area (Å²) in [6.07, 6.45) is 0.757. The molecule has 2 nitrogen and oxygen atoms in total. The van der Waals surface area contributed by atoms with Crippen molar-refractivity contribution in [1.29, 1.82) is 0 Å². The summed E-state index contributed by atoms with van der Waals surface area (Å²) in [5.74, 6) is 0.895. The van der Waals surface area contributed by atoms with Gasteiger partial charge in [0.2, 0.25) is 0 Å². The standard InChI is InChI=1S/C14H15Br2NOS/c1-8-3-4-12(18-2)9(5-8)6-11(17)10-7-13(15)19-14(10)16/h3-5,7,11H,6,17H2,1-2H3. The normalized spacial score (nSPS) is 12.5. The number of hydrogen-bond donors (Lipinski definition) is 1. The molecule has 1 aromatic heterocycles. The van der Waals surface area contributed by atoms with Crippen LogP contribution in [0.1, 0.15) is 22.7 Å². The van der Waals surface area contributed by atoms with Gasteiger partial charge in [-0.25, -0.2) is 0 Å². The number of ether oxygens (including phenoxy) is 1. The van der Waals surface area contributed by atoms with Gasteiger partial charge in [-0.1, -0.05) is 17.7 Å². The highest BCUT2D eigenvalue weighted by molar-refractivity contribution is 9.12. The van der Waals surface area contributed by atoms with Crippen LogP contribution in [-0.2, 0) is 6.42 Å². The number of methoxy groups -OCH3 is 1. The first kappa shape index (κ1) is 15.0. The van der Waals surface area contributed by atoms with Crippen molar-refractivity contribution < 1.29 is 4.74 Å². The van der Waals surface area contributed by atoms with Gasteiger partial charge < -0.3 is 10.5 Å². The van der Waals surface area contributed by atoms with Crippen LogP contribution in [-0.4, -0.2) is 7.11 Å². The van der Waals surface area contributed by atoms with E-state index in [4.69, 9.17) is 10.5 Å². The third kappa shape index (κ3) is 3.60. The number of rotatable bonds is 4. The Morgan fingerprint density at radius 2 is 2.05 bits per heavy atom. The molecule has 102 valence electrons. The predicted octanol–water partition coefficient (Wildman–Crippen LogP) is 4.83. The first-order valence-electron chi connectivity index (χ1n) is 5.85. The lowest BCUT2D eigenvalue weighted by Crippen LogP contribution is -2.13. The van der Waals surface area contributed by atoms with Gasteiger partial charge in [0.25, 0.3) is 0 Å². The fourth-order valence-corrected chi connectivity index (χ4v) is 5.02. The van der Waals surface area contributed by atoms with E-state index in [0.717, 1.165) is 30.9 Å². The molecule has 5 heteroatoms. The Labute approximate surface area is 134 Å². The topological polar surface area (TPSA) is 35.2 Å². The van der Waals surface area contributed by atoms with Gasteiger partial charge in [-0.05, 0) is 68.5 Å². The van der Waals surface area contributed by atoms with Gasteiger partial charge in [0, 0.05) is 6.04 Å². The highest BCUT2D eigenvalue weighted by Crippen LogP contribution is 2.36. The minimum absolute atomic E-state index is 0.0485. The van der Waals surface area contributed by atoms with Gasteiger partial charge in [0.15, 0.2) is 0 Å². The molecule has 0 aliphatic carbocycles. The number of thiophene rings is 1. The molecule has 0 spiro atoms. The maximum atomic E-state index is 6.32. The Kier molecular flexibility index (Phi) is 5.06. The lowest BCUT2D eigenvalue weighted by Gasteiger charge is -2.14. The molecular weight excluding hydrogens is 390 g/mol. The number of benzene rings is 1. The van der Waals surface area contributed by atoms with E-state index in [1.165, 1.54) is 5.56 Å². The molecule has 0 radical (unpaired) electrons. The Bertz CT molecular complexity index is 583. The van der Waals surface area contributed by atoms with Crippen LogP contribution >= 0.6 is 43.2 Å². The quantitative estimate of drug-likeness (QED) is 0.791. The minimum Gasteiger partial charge on any atom is -0.496 e. The maximum absolute atomic E-state index is 6.32. The lowest BCUT2D eigenvalue weighted by atomic mass is 10.00. The molecular formula is C14H15Br2NOS. The number of halogens is 2. The van der Waals surface area contributed by atoms with Crippen molar-refractivity contribution in [2.24, 2.45) is 5.73 Å². The van der Waals surface area contributed by atoms with Crippen LogP contribution in [0.25, 0.3) is 0 Å². The van der Waals surface area contributed by atoms with E-state index in [2.05, 4.69) is 50.9 Å². The van der Waals surface area contributed by atoms with Crippen molar-refractivity contribution in [3.8, 4) is 5.75 Å². The summed E-state index contributed by atoms with van der Waals surface area (Å²) in [6.45, 7) is 2.07. The molecule has 2 rings (SSSR count). The molecule has 0 bridgehead atoms. The van der Waals surface area contributed by atoms with Crippen LogP contribution in [0.4, 0.5) is 0 Å². The van der Waals surface area contributed by atoms with Crippen LogP contribution in [0.15, 0.2) is 31.8 Å². The second-order valence-corrected chi connectivity index (χ2v) is 8.15. The van der Waals surface area contributed by atoms with Crippen LogP contribution < -0.4 is 10.5 Å². The first-order chi connectivity index (χ1) is 9.01. The summed E-state index contributed by atoms with van der Waals surface area (Å²) in [4.78, 5) is 0. The average molecular weight is 405 g/mol. The van der Waals surface area contributed by atoms with Gasteiger partial charge in [0.1, 0.15) is 5.75 Å². The Hall–Kier alpha value is -0.360. The van der Waals surface area contributed by atoms with Crippen LogP contribution in [0.5, 0.6) is 5.75 Å². The molecule has 1 heterocycles. The van der Waals surface area contributed by atoms with E-state index in [-0.39, 0.29) is 6.04 Å². The average Bonchev–Trinajstić information content (AvgIpc) is 2.69. The zero-order chi connectivity index (χ0) is 14.0. The lowest BCUT2D eigenvalue weighted by molar-refractivity contribution is 0.408. The van der Waals surface area contributed by atoms with E-state index < -0.39 is 0 Å². The zero-order valence-corrected chi connectivity index (χ0v) is 14.7. The molecule has 0 aliphatic rings. The van der Waals surface area contributed by atoms with Gasteiger partial charge in [-0.2, -0.15) is 0 Å². The van der Waals surface area contributed by atoms with Gasteiger partial charge in [-0.3, -0.25) is 0 Å². The number of hydrogen-bond acceptors (Lipinski definition) is 3. The summed E-state index contributed by atoms with van der Waals surface area (Å²) < 4.78 is 7.56. The minimum atomic E-state index is -0.0485. The van der Waals surface area contributed by atoms with E-state index in [0.29, 0.717) is 0 Å². The molecule has 1 unspecified atom stereocenters. The van der Waals surface area contributed by atoms with Crippen molar-refractivity contribution in [3.63, 3.8) is 0 Å². The maximum Gasteiger partial charge on any atom is 0.122 e. The van der Waals surface area contributed by atoms with Crippen molar-refractivity contribution >= 4 is 43.2 Å². The highest BCUT2D eigenvalue weighted by atomic mass is 79.9. The summed E-state index contributed by atoms with van der Waals surface area (Å²) in [6, 6.07) is 8.20. The monoisotopic (exact) mass is 403 g/mol. The fourth-order valence-electron chi connectivity index (χ4n) is 2.02. The largest absolute Gasteiger partial charge is 0.496 e. The Balaban J connectivity index is 2.25. The van der Waals surface area contributed by atoms with Gasteiger partial charge >= 0.3 is 0 Å². The third-order valence-electron chi connectivity index (χ3n) is 2.96. The van der Waals surface area contributed by atoms with E-state index in [1.807, 2.05) is 12.1 Å². The van der Waals surface area contributed by atoms with Crippen LogP contribution in [0.3, 0.4) is 0 Å². The number of aryl methyl sites for hydroxylation is 1. The molecule has 1 aromatic carbocycles. The molecule has 2 aromatic rings. The van der Waals surface area contributed by atoms with Crippen molar-refractivity contribution in [2.75, 3.05) is 7.11 Å². The van der Waals surface area contributed by atoms with Crippen LogP contribution in [0, 0.1) is 6.92 Å². The Morgan fingerprint density at radius 3 is 2.63 bits per heavy atom. The van der Waals surface area contributed by atoms with Gasteiger partial charge in [-0.15, -0.1) is 11.3 Å². The molecule has 19 heavy (non-hydrogen) atoms. The predicted molar refractivity (Wildman–Crippen MR) is 88.1 cm³/mol. The van der Waals surface area contributed by atoms with Crippen molar-refractivity contribution in [2.45, 2.75) is 19.4 Å². The van der Waals surface area contributed by atoms with Gasteiger partial charge in [0.05, 0.1) is 14.7 Å². The molecule has 0 fully saturated rings. The van der Waals surface area contributed by atoms with E-state index in [1.54, 1.807) is 18.4 Å². The molecule has 2 N–H and O–H groups in total.